The Morgan fingerprint density at radius 1 is 0.861 bits per heavy atom. The van der Waals surface area contributed by atoms with E-state index in [9.17, 15) is 19.2 Å². The Kier molecular flexibility index (Phi) is 7.87. The lowest BCUT2D eigenvalue weighted by atomic mass is 9.81. The van der Waals surface area contributed by atoms with Gasteiger partial charge < -0.3 is 20.1 Å². The minimum absolute atomic E-state index is 0.265. The van der Waals surface area contributed by atoms with E-state index < -0.39 is 5.91 Å². The summed E-state index contributed by atoms with van der Waals surface area (Å²) >= 11 is 0. The SMILES string of the molecule is CCOc1cc(NC(=O)c2ccccc2)c(OCC)cc1NC(=O)CN1C(=O)C2CCCCC2C1=O. The van der Waals surface area contributed by atoms with Gasteiger partial charge in [0.05, 0.1) is 36.4 Å². The highest BCUT2D eigenvalue weighted by Crippen LogP contribution is 2.39. The van der Waals surface area contributed by atoms with Crippen LogP contribution in [0.4, 0.5) is 11.4 Å². The Morgan fingerprint density at radius 2 is 1.39 bits per heavy atom. The first kappa shape index (κ1) is 25.2. The molecule has 9 nitrogen and oxygen atoms in total. The molecule has 2 aromatic carbocycles. The van der Waals surface area contributed by atoms with Crippen molar-refractivity contribution in [2.24, 2.45) is 11.8 Å². The molecule has 2 aromatic rings. The summed E-state index contributed by atoms with van der Waals surface area (Å²) in [6.07, 6.45) is 3.22. The molecule has 0 spiro atoms. The largest absolute Gasteiger partial charge is 0.492 e. The van der Waals surface area contributed by atoms with Gasteiger partial charge in [-0.2, -0.15) is 0 Å². The second-order valence-corrected chi connectivity index (χ2v) is 8.84. The first-order valence-corrected chi connectivity index (χ1v) is 12.4. The number of rotatable bonds is 9. The van der Waals surface area contributed by atoms with Crippen molar-refractivity contribution in [3.05, 3.63) is 48.0 Å². The van der Waals surface area contributed by atoms with Gasteiger partial charge in [-0.3, -0.25) is 24.1 Å². The average Bonchev–Trinajstić information content (AvgIpc) is 3.12. The van der Waals surface area contributed by atoms with Crippen molar-refractivity contribution in [2.75, 3.05) is 30.4 Å². The molecule has 0 aromatic heterocycles. The normalized spacial score (nSPS) is 19.0. The molecule has 2 aliphatic rings. The molecule has 1 saturated carbocycles. The fraction of sp³-hybridized carbons (Fsp3) is 0.407. The van der Waals surface area contributed by atoms with E-state index in [0.29, 0.717) is 54.5 Å². The molecule has 4 amide bonds. The Labute approximate surface area is 210 Å². The van der Waals surface area contributed by atoms with Crippen LogP contribution in [0.1, 0.15) is 49.9 Å². The summed E-state index contributed by atoms with van der Waals surface area (Å²) in [5.74, 6) is -1.31. The highest BCUT2D eigenvalue weighted by molar-refractivity contribution is 6.09. The predicted molar refractivity (Wildman–Crippen MR) is 134 cm³/mol. The number of imide groups is 1. The number of amides is 4. The fourth-order valence-corrected chi connectivity index (χ4v) is 4.81. The third-order valence-corrected chi connectivity index (χ3v) is 6.47. The van der Waals surface area contributed by atoms with Crippen molar-refractivity contribution in [2.45, 2.75) is 39.5 Å². The smallest absolute Gasteiger partial charge is 0.255 e. The number of likely N-dealkylation sites (tertiary alicyclic amines) is 1. The molecule has 1 aliphatic heterocycles. The van der Waals surface area contributed by atoms with E-state index >= 15 is 0 Å². The summed E-state index contributed by atoms with van der Waals surface area (Å²) in [6.45, 7) is 3.90. The van der Waals surface area contributed by atoms with Gasteiger partial charge in [0.2, 0.25) is 17.7 Å². The van der Waals surface area contributed by atoms with Gasteiger partial charge in [0, 0.05) is 17.7 Å². The van der Waals surface area contributed by atoms with Crippen LogP contribution in [-0.4, -0.2) is 48.3 Å². The molecule has 2 fully saturated rings. The van der Waals surface area contributed by atoms with Crippen molar-refractivity contribution in [3.63, 3.8) is 0 Å². The standard InChI is InChI=1S/C27H31N3O6/c1-3-35-22-15-21(29-25(32)17-10-6-5-7-11-17)23(36-4-2)14-20(22)28-24(31)16-30-26(33)18-12-8-9-13-19(18)27(30)34/h5-7,10-11,14-15,18-19H,3-4,8-9,12-13,16H2,1-2H3,(H,28,31)(H,29,32). The molecule has 0 bridgehead atoms. The van der Waals surface area contributed by atoms with Gasteiger partial charge in [-0.1, -0.05) is 31.0 Å². The monoisotopic (exact) mass is 493 g/mol. The molecular formula is C27H31N3O6. The van der Waals surface area contributed by atoms with Gasteiger partial charge in [0.25, 0.3) is 5.91 Å². The minimum atomic E-state index is -0.514. The van der Waals surface area contributed by atoms with Crippen LogP contribution in [0.2, 0.25) is 0 Å². The third-order valence-electron chi connectivity index (χ3n) is 6.47. The second kappa shape index (κ2) is 11.2. The van der Waals surface area contributed by atoms with Gasteiger partial charge >= 0.3 is 0 Å². The highest BCUT2D eigenvalue weighted by Gasteiger charge is 2.48. The third kappa shape index (κ3) is 5.35. The van der Waals surface area contributed by atoms with Crippen LogP contribution >= 0.6 is 0 Å². The number of anilines is 2. The minimum Gasteiger partial charge on any atom is -0.492 e. The Hall–Kier alpha value is -3.88. The molecule has 1 saturated heterocycles. The summed E-state index contributed by atoms with van der Waals surface area (Å²) < 4.78 is 11.4. The maximum Gasteiger partial charge on any atom is 0.255 e. The summed E-state index contributed by atoms with van der Waals surface area (Å²) in [4.78, 5) is 52.2. The number of carbonyl (C=O) groups is 4. The van der Waals surface area contributed by atoms with Crippen molar-refractivity contribution >= 4 is 35.0 Å². The molecule has 2 unspecified atom stereocenters. The van der Waals surface area contributed by atoms with E-state index in [0.717, 1.165) is 17.7 Å². The van der Waals surface area contributed by atoms with Crippen LogP contribution in [0.25, 0.3) is 0 Å². The summed E-state index contributed by atoms with van der Waals surface area (Å²) in [6, 6.07) is 11.9. The molecular weight excluding hydrogens is 462 g/mol. The average molecular weight is 494 g/mol. The first-order valence-electron chi connectivity index (χ1n) is 12.4. The van der Waals surface area contributed by atoms with E-state index in [1.165, 1.54) is 0 Å². The van der Waals surface area contributed by atoms with Crippen LogP contribution in [-0.2, 0) is 14.4 Å². The first-order chi connectivity index (χ1) is 17.4. The molecule has 1 heterocycles. The number of ether oxygens (including phenoxy) is 2. The molecule has 190 valence electrons. The van der Waals surface area contributed by atoms with Crippen LogP contribution in [0.3, 0.4) is 0 Å². The van der Waals surface area contributed by atoms with Crippen molar-refractivity contribution in [1.29, 1.82) is 0 Å². The number of carbonyl (C=O) groups excluding carboxylic acids is 4. The van der Waals surface area contributed by atoms with Crippen LogP contribution < -0.4 is 20.1 Å². The quantitative estimate of drug-likeness (QED) is 0.513. The highest BCUT2D eigenvalue weighted by atomic mass is 16.5. The fourth-order valence-electron chi connectivity index (χ4n) is 4.81. The van der Waals surface area contributed by atoms with Gasteiger partial charge in [-0.25, -0.2) is 0 Å². The molecule has 1 aliphatic carbocycles. The number of hydrogen-bond donors (Lipinski definition) is 2. The van der Waals surface area contributed by atoms with Crippen LogP contribution in [0.15, 0.2) is 42.5 Å². The van der Waals surface area contributed by atoms with Crippen molar-refractivity contribution in [1.82, 2.24) is 4.90 Å². The summed E-state index contributed by atoms with van der Waals surface area (Å²) in [5.41, 5.74) is 1.19. The Bertz CT molecular complexity index is 1130. The van der Waals surface area contributed by atoms with E-state index in [2.05, 4.69) is 10.6 Å². The zero-order valence-corrected chi connectivity index (χ0v) is 20.5. The number of benzene rings is 2. The number of nitrogens with one attached hydrogen (secondary N) is 2. The number of hydrogen-bond acceptors (Lipinski definition) is 6. The predicted octanol–water partition coefficient (Wildman–Crippen LogP) is 3.85. The maximum atomic E-state index is 12.9. The van der Waals surface area contributed by atoms with Gasteiger partial charge in [-0.05, 0) is 38.8 Å². The summed E-state index contributed by atoms with van der Waals surface area (Å²) in [5, 5.41) is 5.59. The zero-order valence-electron chi connectivity index (χ0n) is 20.5. The molecule has 2 N–H and O–H groups in total. The Morgan fingerprint density at radius 3 is 1.92 bits per heavy atom. The molecule has 2 atom stereocenters. The van der Waals surface area contributed by atoms with Crippen molar-refractivity contribution < 1.29 is 28.7 Å². The van der Waals surface area contributed by atoms with E-state index in [1.807, 2.05) is 13.0 Å². The molecule has 0 radical (unpaired) electrons. The lowest BCUT2D eigenvalue weighted by Crippen LogP contribution is -2.38. The van der Waals surface area contributed by atoms with E-state index in [1.54, 1.807) is 43.3 Å². The van der Waals surface area contributed by atoms with Crippen molar-refractivity contribution in [3.8, 4) is 11.5 Å². The van der Waals surface area contributed by atoms with Crippen LogP contribution in [0.5, 0.6) is 11.5 Å². The maximum absolute atomic E-state index is 12.9. The van der Waals surface area contributed by atoms with Crippen LogP contribution in [0, 0.1) is 11.8 Å². The molecule has 9 heteroatoms. The lowest BCUT2D eigenvalue weighted by Gasteiger charge is -2.19. The number of fused-ring (bicyclic) bond motifs is 1. The van der Waals surface area contributed by atoms with Gasteiger partial charge in [-0.15, -0.1) is 0 Å². The molecule has 36 heavy (non-hydrogen) atoms. The lowest BCUT2D eigenvalue weighted by molar-refractivity contribution is -0.142. The van der Waals surface area contributed by atoms with E-state index in [-0.39, 0.29) is 36.1 Å². The summed E-state index contributed by atoms with van der Waals surface area (Å²) in [7, 11) is 0. The topological polar surface area (TPSA) is 114 Å². The van der Waals surface area contributed by atoms with Gasteiger partial charge in [0.15, 0.2) is 0 Å². The van der Waals surface area contributed by atoms with Gasteiger partial charge in [0.1, 0.15) is 18.0 Å². The zero-order chi connectivity index (χ0) is 25.7. The number of nitrogens with zero attached hydrogens (tertiary/aromatic N) is 1. The van der Waals surface area contributed by atoms with E-state index in [4.69, 9.17) is 9.47 Å². The molecule has 4 rings (SSSR count). The Balaban J connectivity index is 1.54. The second-order valence-electron chi connectivity index (χ2n) is 8.84.